The van der Waals surface area contributed by atoms with Gasteiger partial charge in [-0.1, -0.05) is 12.1 Å². The second kappa shape index (κ2) is 6.28. The van der Waals surface area contributed by atoms with Gasteiger partial charge in [0.2, 0.25) is 0 Å². The number of nitrogens with zero attached hydrogens (tertiary/aromatic N) is 1. The minimum atomic E-state index is -4.14. The Hall–Kier alpha value is -2.94. The van der Waals surface area contributed by atoms with Gasteiger partial charge >= 0.3 is 0 Å². The Bertz CT molecular complexity index is 938. The van der Waals surface area contributed by atoms with Crippen LogP contribution < -0.4 is 10.5 Å². The first kappa shape index (κ1) is 17.4. The van der Waals surface area contributed by atoms with E-state index in [9.17, 15) is 23.3 Å². The summed E-state index contributed by atoms with van der Waals surface area (Å²) in [5.41, 5.74) is 5.75. The van der Waals surface area contributed by atoms with Gasteiger partial charge in [0.05, 0.1) is 21.1 Å². The number of para-hydroxylation sites is 1. The minimum absolute atomic E-state index is 0.000816. The van der Waals surface area contributed by atoms with Crippen LogP contribution in [0.3, 0.4) is 0 Å². The largest absolute Gasteiger partial charge is 0.366 e. The number of primary amides is 1. The van der Waals surface area contributed by atoms with Crippen molar-refractivity contribution in [2.45, 2.75) is 18.7 Å². The normalized spacial score (nSPS) is 11.1. The first-order valence-corrected chi connectivity index (χ1v) is 8.29. The zero-order chi connectivity index (χ0) is 18.1. The molecule has 0 spiro atoms. The Morgan fingerprint density at radius 2 is 1.83 bits per heavy atom. The average Bonchev–Trinajstić information content (AvgIpc) is 2.49. The van der Waals surface area contributed by atoms with Crippen LogP contribution in [0.4, 0.5) is 11.4 Å². The number of hydrogen-bond acceptors (Lipinski definition) is 5. The van der Waals surface area contributed by atoms with E-state index in [0.717, 1.165) is 6.07 Å². The maximum atomic E-state index is 12.6. The standard InChI is InChI=1S/C15H15N3O5S/c1-9-7-11(18(20)21)8-14(10(9)2)24(22,23)17-13-6-4-3-5-12(13)15(16)19/h3-8,17H,1-2H3,(H2,16,19). The molecule has 0 fully saturated rings. The number of nitro benzene ring substituents is 1. The summed E-state index contributed by atoms with van der Waals surface area (Å²) in [6.45, 7) is 3.13. The highest BCUT2D eigenvalue weighted by molar-refractivity contribution is 7.92. The minimum Gasteiger partial charge on any atom is -0.366 e. The van der Waals surface area contributed by atoms with Crippen molar-refractivity contribution in [1.29, 1.82) is 0 Å². The molecule has 126 valence electrons. The van der Waals surface area contributed by atoms with Crippen LogP contribution in [0, 0.1) is 24.0 Å². The number of anilines is 1. The molecule has 0 aliphatic carbocycles. The third kappa shape index (κ3) is 3.35. The molecule has 2 aromatic rings. The van der Waals surface area contributed by atoms with Crippen molar-refractivity contribution in [3.63, 3.8) is 0 Å². The Morgan fingerprint density at radius 3 is 2.42 bits per heavy atom. The fraction of sp³-hybridized carbons (Fsp3) is 0.133. The van der Waals surface area contributed by atoms with Gasteiger partial charge in [0.25, 0.3) is 21.6 Å². The molecule has 2 rings (SSSR count). The number of non-ortho nitro benzene ring substituents is 1. The molecule has 0 bridgehead atoms. The van der Waals surface area contributed by atoms with Gasteiger partial charge in [-0.15, -0.1) is 0 Å². The number of nitrogens with two attached hydrogens (primary N) is 1. The molecule has 3 N–H and O–H groups in total. The summed E-state index contributed by atoms with van der Waals surface area (Å²) >= 11 is 0. The van der Waals surface area contributed by atoms with Crippen LogP contribution in [-0.2, 0) is 10.0 Å². The average molecular weight is 349 g/mol. The summed E-state index contributed by atoms with van der Waals surface area (Å²) in [5.74, 6) is -0.791. The molecular weight excluding hydrogens is 334 g/mol. The summed E-state index contributed by atoms with van der Waals surface area (Å²) in [6.07, 6.45) is 0. The van der Waals surface area contributed by atoms with Crippen molar-refractivity contribution in [3.05, 3.63) is 63.2 Å². The van der Waals surface area contributed by atoms with Crippen molar-refractivity contribution in [3.8, 4) is 0 Å². The summed E-state index contributed by atoms with van der Waals surface area (Å²) in [5, 5.41) is 11.0. The van der Waals surface area contributed by atoms with Crippen molar-refractivity contribution < 1.29 is 18.1 Å². The summed E-state index contributed by atoms with van der Waals surface area (Å²) in [4.78, 5) is 21.5. The molecule has 1 amide bonds. The SMILES string of the molecule is Cc1cc([N+](=O)[O-])cc(S(=O)(=O)Nc2ccccc2C(N)=O)c1C. The molecule has 0 saturated carbocycles. The lowest BCUT2D eigenvalue weighted by molar-refractivity contribution is -0.385. The van der Waals surface area contributed by atoms with E-state index in [0.29, 0.717) is 11.1 Å². The van der Waals surface area contributed by atoms with Crippen LogP contribution in [0.15, 0.2) is 41.3 Å². The first-order chi connectivity index (χ1) is 11.1. The van der Waals surface area contributed by atoms with E-state index in [1.165, 1.54) is 24.3 Å². The van der Waals surface area contributed by atoms with E-state index in [2.05, 4.69) is 4.72 Å². The van der Waals surface area contributed by atoms with E-state index in [1.807, 2.05) is 0 Å². The van der Waals surface area contributed by atoms with Crippen molar-refractivity contribution in [2.75, 3.05) is 4.72 Å². The van der Waals surface area contributed by atoms with E-state index in [-0.39, 0.29) is 21.8 Å². The number of carbonyl (C=O) groups excluding carboxylic acids is 1. The number of sulfonamides is 1. The van der Waals surface area contributed by atoms with Gasteiger partial charge in [0.1, 0.15) is 0 Å². The maximum absolute atomic E-state index is 12.6. The Morgan fingerprint density at radius 1 is 1.21 bits per heavy atom. The molecule has 9 heteroatoms. The van der Waals surface area contributed by atoms with E-state index >= 15 is 0 Å². The van der Waals surface area contributed by atoms with E-state index < -0.39 is 20.9 Å². The number of nitro groups is 1. The lowest BCUT2D eigenvalue weighted by atomic mass is 10.1. The Labute approximate surface area is 138 Å². The first-order valence-electron chi connectivity index (χ1n) is 6.81. The van der Waals surface area contributed by atoms with Crippen LogP contribution in [-0.4, -0.2) is 19.2 Å². The fourth-order valence-corrected chi connectivity index (χ4v) is 3.60. The van der Waals surface area contributed by atoms with Gasteiger partial charge in [-0.3, -0.25) is 19.6 Å². The van der Waals surface area contributed by atoms with Gasteiger partial charge in [-0.2, -0.15) is 0 Å². The summed E-state index contributed by atoms with van der Waals surface area (Å²) in [7, 11) is -4.14. The van der Waals surface area contributed by atoms with Crippen LogP contribution in [0.25, 0.3) is 0 Å². The van der Waals surface area contributed by atoms with Gasteiger partial charge in [-0.05, 0) is 37.1 Å². The van der Waals surface area contributed by atoms with Crippen LogP contribution in [0.1, 0.15) is 21.5 Å². The molecule has 0 unspecified atom stereocenters. The highest BCUT2D eigenvalue weighted by Crippen LogP contribution is 2.27. The molecule has 0 aliphatic heterocycles. The van der Waals surface area contributed by atoms with E-state index in [4.69, 9.17) is 5.73 Å². The molecule has 0 heterocycles. The van der Waals surface area contributed by atoms with Crippen molar-refractivity contribution >= 4 is 27.3 Å². The molecule has 0 atom stereocenters. The van der Waals surface area contributed by atoms with Crippen LogP contribution in [0.2, 0.25) is 0 Å². The topological polar surface area (TPSA) is 132 Å². The zero-order valence-electron chi connectivity index (χ0n) is 12.9. The highest BCUT2D eigenvalue weighted by atomic mass is 32.2. The van der Waals surface area contributed by atoms with Crippen LogP contribution >= 0.6 is 0 Å². The third-order valence-corrected chi connectivity index (χ3v) is 5.03. The number of nitrogens with one attached hydrogen (secondary N) is 1. The maximum Gasteiger partial charge on any atom is 0.271 e. The van der Waals surface area contributed by atoms with Gasteiger partial charge in [0, 0.05) is 12.1 Å². The number of amides is 1. The second-order valence-electron chi connectivity index (χ2n) is 5.16. The summed E-state index contributed by atoms with van der Waals surface area (Å²) in [6, 6.07) is 8.13. The lowest BCUT2D eigenvalue weighted by Crippen LogP contribution is -2.19. The number of hydrogen-bond donors (Lipinski definition) is 2. The van der Waals surface area contributed by atoms with E-state index in [1.54, 1.807) is 19.9 Å². The molecule has 0 radical (unpaired) electrons. The Balaban J connectivity index is 2.57. The third-order valence-electron chi connectivity index (χ3n) is 3.54. The molecule has 2 aromatic carbocycles. The number of rotatable bonds is 5. The monoisotopic (exact) mass is 349 g/mol. The van der Waals surface area contributed by atoms with Gasteiger partial charge in [0.15, 0.2) is 0 Å². The molecule has 0 saturated heterocycles. The summed E-state index contributed by atoms with van der Waals surface area (Å²) < 4.78 is 27.5. The molecule has 24 heavy (non-hydrogen) atoms. The molecule has 0 aliphatic rings. The number of carbonyl (C=O) groups is 1. The lowest BCUT2D eigenvalue weighted by Gasteiger charge is -2.13. The molecule has 8 nitrogen and oxygen atoms in total. The smallest absolute Gasteiger partial charge is 0.271 e. The number of benzene rings is 2. The highest BCUT2D eigenvalue weighted by Gasteiger charge is 2.23. The number of aryl methyl sites for hydroxylation is 1. The quantitative estimate of drug-likeness (QED) is 0.630. The fourth-order valence-electron chi connectivity index (χ4n) is 2.18. The van der Waals surface area contributed by atoms with Gasteiger partial charge < -0.3 is 5.73 Å². The van der Waals surface area contributed by atoms with Gasteiger partial charge in [-0.25, -0.2) is 8.42 Å². The predicted octanol–water partition coefficient (Wildman–Crippen LogP) is 2.11. The van der Waals surface area contributed by atoms with Crippen molar-refractivity contribution in [1.82, 2.24) is 0 Å². The zero-order valence-corrected chi connectivity index (χ0v) is 13.8. The Kier molecular flexibility index (Phi) is 4.56. The molecule has 0 aromatic heterocycles. The second-order valence-corrected chi connectivity index (χ2v) is 6.81. The van der Waals surface area contributed by atoms with Crippen molar-refractivity contribution in [2.24, 2.45) is 5.73 Å². The predicted molar refractivity (Wildman–Crippen MR) is 88.3 cm³/mol. The van der Waals surface area contributed by atoms with Crippen LogP contribution in [0.5, 0.6) is 0 Å². The molecular formula is C15H15N3O5S.